The number of hydrogen-bond acceptors (Lipinski definition) is 4. The maximum absolute atomic E-state index is 10.3. The molecule has 0 aliphatic heterocycles. The van der Waals surface area contributed by atoms with E-state index in [2.05, 4.69) is 41.9 Å². The summed E-state index contributed by atoms with van der Waals surface area (Å²) >= 11 is 6.42. The van der Waals surface area contributed by atoms with Crippen LogP contribution in [0.5, 0.6) is 0 Å². The molecule has 0 bridgehead atoms. The van der Waals surface area contributed by atoms with Gasteiger partial charge in [-0.3, -0.25) is 0 Å². The monoisotopic (exact) mass is 326 g/mol. The maximum atomic E-state index is 10.3. The number of nitrogens with zero attached hydrogens (tertiary/aromatic N) is 4. The molecule has 1 heterocycles. The highest BCUT2D eigenvalue weighted by atomic mass is 79.9. The summed E-state index contributed by atoms with van der Waals surface area (Å²) < 4.78 is 1.89. The molecule has 1 rings (SSSR count). The quantitative estimate of drug-likeness (QED) is 0.359. The number of hydrogen-bond donors (Lipinski definition) is 0. The van der Waals surface area contributed by atoms with E-state index in [0.29, 0.717) is 11.3 Å². The Morgan fingerprint density at radius 1 is 1.50 bits per heavy atom. The Hall–Kier alpha value is -0.500. The van der Waals surface area contributed by atoms with Gasteiger partial charge in [0, 0.05) is 26.4 Å². The number of alkyl halides is 1. The first kappa shape index (κ1) is 11.6. The van der Waals surface area contributed by atoms with Crippen LogP contribution in [0.3, 0.4) is 0 Å². The average Bonchev–Trinajstić information content (AvgIpc) is 2.49. The van der Waals surface area contributed by atoms with E-state index in [4.69, 9.17) is 0 Å². The van der Waals surface area contributed by atoms with Crippen molar-refractivity contribution in [2.75, 3.05) is 5.33 Å². The fourth-order valence-corrected chi connectivity index (χ4v) is 1.70. The second-order valence-corrected chi connectivity index (χ2v) is 4.06. The number of rotatable bonds is 5. The Morgan fingerprint density at radius 2 is 2.21 bits per heavy atom. The molecule has 8 heteroatoms. The molecule has 0 saturated heterocycles. The van der Waals surface area contributed by atoms with Crippen molar-refractivity contribution in [2.45, 2.75) is 19.4 Å². The van der Waals surface area contributed by atoms with Crippen molar-refractivity contribution in [3.63, 3.8) is 0 Å². The highest BCUT2D eigenvalue weighted by Gasteiger charge is 2.18. The molecular formula is C6H8Br2N4O2. The van der Waals surface area contributed by atoms with Gasteiger partial charge < -0.3 is 10.1 Å². The summed E-state index contributed by atoms with van der Waals surface area (Å²) in [5, 5.41) is 15.0. The zero-order valence-electron chi connectivity index (χ0n) is 7.19. The largest absolute Gasteiger partial charge is 0.492 e. The predicted molar refractivity (Wildman–Crippen MR) is 57.4 cm³/mol. The molecule has 0 aliphatic rings. The van der Waals surface area contributed by atoms with Crippen LogP contribution in [-0.2, 0) is 6.54 Å². The number of aromatic nitrogens is 3. The molecule has 0 radical (unpaired) electrons. The summed E-state index contributed by atoms with van der Waals surface area (Å²) in [6, 6.07) is 0. The summed E-state index contributed by atoms with van der Waals surface area (Å²) in [5.74, 6) is -0.365. The van der Waals surface area contributed by atoms with E-state index >= 15 is 0 Å². The van der Waals surface area contributed by atoms with Gasteiger partial charge in [-0.25, -0.2) is 0 Å². The van der Waals surface area contributed by atoms with E-state index < -0.39 is 4.92 Å². The SMILES string of the molecule is O=[N+]([O-])c1nc(Br)n(CCCCBr)n1. The van der Waals surface area contributed by atoms with Gasteiger partial charge in [-0.2, -0.15) is 4.68 Å². The van der Waals surface area contributed by atoms with Gasteiger partial charge in [0.15, 0.2) is 0 Å². The van der Waals surface area contributed by atoms with Crippen molar-refractivity contribution < 1.29 is 4.92 Å². The van der Waals surface area contributed by atoms with Crippen LogP contribution in [0, 0.1) is 10.1 Å². The lowest BCUT2D eigenvalue weighted by atomic mass is 10.3. The van der Waals surface area contributed by atoms with Crippen LogP contribution in [0.15, 0.2) is 4.73 Å². The van der Waals surface area contributed by atoms with Crippen molar-refractivity contribution in [3.05, 3.63) is 14.8 Å². The second-order valence-electron chi connectivity index (χ2n) is 2.56. The van der Waals surface area contributed by atoms with Crippen LogP contribution < -0.4 is 0 Å². The molecule has 0 atom stereocenters. The van der Waals surface area contributed by atoms with Gasteiger partial charge in [-0.05, 0) is 22.7 Å². The third kappa shape index (κ3) is 3.02. The van der Waals surface area contributed by atoms with Gasteiger partial charge in [-0.15, -0.1) is 0 Å². The highest BCUT2D eigenvalue weighted by molar-refractivity contribution is 9.10. The fourth-order valence-electron chi connectivity index (χ4n) is 0.887. The number of halogens is 2. The molecule has 0 amide bonds. The number of aryl methyl sites for hydroxylation is 1. The lowest BCUT2D eigenvalue weighted by molar-refractivity contribution is -0.394. The molecule has 1 aromatic heterocycles. The van der Waals surface area contributed by atoms with Gasteiger partial charge in [-0.1, -0.05) is 15.9 Å². The number of unbranched alkanes of at least 4 members (excludes halogenated alkanes) is 1. The molecule has 0 N–H and O–H groups in total. The first-order chi connectivity index (χ1) is 6.65. The van der Waals surface area contributed by atoms with Crippen LogP contribution in [0.2, 0.25) is 0 Å². The van der Waals surface area contributed by atoms with Crippen LogP contribution in [0.4, 0.5) is 5.95 Å². The zero-order chi connectivity index (χ0) is 10.6. The molecule has 6 nitrogen and oxygen atoms in total. The molecule has 0 aromatic carbocycles. The summed E-state index contributed by atoms with van der Waals surface area (Å²) in [6.45, 7) is 0.632. The lowest BCUT2D eigenvalue weighted by Gasteiger charge is -1.94. The minimum Gasteiger partial charge on any atom is -0.390 e. The van der Waals surface area contributed by atoms with Gasteiger partial charge in [0.2, 0.25) is 0 Å². The van der Waals surface area contributed by atoms with E-state index in [0.717, 1.165) is 18.2 Å². The van der Waals surface area contributed by atoms with E-state index in [1.165, 1.54) is 4.68 Å². The molecular weight excluding hydrogens is 320 g/mol. The zero-order valence-corrected chi connectivity index (χ0v) is 10.4. The van der Waals surface area contributed by atoms with Crippen molar-refractivity contribution >= 4 is 37.8 Å². The Labute approximate surface area is 97.1 Å². The first-order valence-corrected chi connectivity index (χ1v) is 5.87. The summed E-state index contributed by atoms with van der Waals surface area (Å²) in [4.78, 5) is 13.4. The van der Waals surface area contributed by atoms with Gasteiger partial charge in [0.05, 0.1) is 6.54 Å². The molecule has 0 aliphatic carbocycles. The summed E-state index contributed by atoms with van der Waals surface area (Å²) in [6.07, 6.45) is 1.91. The van der Waals surface area contributed by atoms with Gasteiger partial charge in [0.25, 0.3) is 4.73 Å². The standard InChI is InChI=1S/C6H8Br2N4O2/c7-3-1-2-4-11-5(8)9-6(10-11)12(13)14/h1-4H2. The average molecular weight is 328 g/mol. The Morgan fingerprint density at radius 3 is 2.71 bits per heavy atom. The second kappa shape index (κ2) is 5.40. The minimum absolute atomic E-state index is 0.365. The predicted octanol–water partition coefficient (Wildman–Crippen LogP) is 2.12. The van der Waals surface area contributed by atoms with E-state index in [1.54, 1.807) is 0 Å². The fraction of sp³-hybridized carbons (Fsp3) is 0.667. The van der Waals surface area contributed by atoms with Crippen molar-refractivity contribution in [1.82, 2.24) is 14.8 Å². The van der Waals surface area contributed by atoms with Crippen LogP contribution in [0.1, 0.15) is 12.8 Å². The first-order valence-electron chi connectivity index (χ1n) is 3.96. The summed E-state index contributed by atoms with van der Waals surface area (Å²) in [5.41, 5.74) is 0. The van der Waals surface area contributed by atoms with E-state index in [9.17, 15) is 10.1 Å². The smallest absolute Gasteiger partial charge is 0.390 e. The number of nitro groups is 1. The minimum atomic E-state index is -0.605. The van der Waals surface area contributed by atoms with E-state index in [-0.39, 0.29) is 5.95 Å². The molecule has 0 unspecified atom stereocenters. The Balaban J connectivity index is 2.63. The normalized spacial score (nSPS) is 10.4. The molecule has 0 fully saturated rings. The van der Waals surface area contributed by atoms with Crippen molar-refractivity contribution in [1.29, 1.82) is 0 Å². The van der Waals surface area contributed by atoms with Crippen LogP contribution >= 0.6 is 31.9 Å². The molecule has 0 spiro atoms. The third-order valence-corrected chi connectivity index (χ3v) is 2.68. The molecule has 78 valence electrons. The van der Waals surface area contributed by atoms with Crippen molar-refractivity contribution in [2.24, 2.45) is 0 Å². The molecule has 14 heavy (non-hydrogen) atoms. The van der Waals surface area contributed by atoms with Crippen LogP contribution in [0.25, 0.3) is 0 Å². The topological polar surface area (TPSA) is 73.8 Å². The van der Waals surface area contributed by atoms with Crippen LogP contribution in [-0.4, -0.2) is 25.0 Å². The lowest BCUT2D eigenvalue weighted by Crippen LogP contribution is -2.01. The van der Waals surface area contributed by atoms with Gasteiger partial charge >= 0.3 is 5.95 Å². The maximum Gasteiger partial charge on any atom is 0.492 e. The third-order valence-electron chi connectivity index (χ3n) is 1.53. The molecule has 0 saturated carbocycles. The van der Waals surface area contributed by atoms with Gasteiger partial charge in [0.1, 0.15) is 0 Å². The summed E-state index contributed by atoms with van der Waals surface area (Å²) in [7, 11) is 0. The van der Waals surface area contributed by atoms with Crippen molar-refractivity contribution in [3.8, 4) is 0 Å². The Kier molecular flexibility index (Phi) is 4.46. The Bertz CT molecular complexity index is 328. The van der Waals surface area contributed by atoms with E-state index in [1.807, 2.05) is 0 Å². The highest BCUT2D eigenvalue weighted by Crippen LogP contribution is 2.12. The molecule has 1 aromatic rings.